The van der Waals surface area contributed by atoms with E-state index < -0.39 is 23.6 Å². The van der Waals surface area contributed by atoms with Crippen LogP contribution in [0.2, 0.25) is 10.0 Å². The molecule has 0 saturated heterocycles. The molecule has 8 heteroatoms. The number of hydrogen-bond donors (Lipinski definition) is 0. The molecule has 0 amide bonds. The quantitative estimate of drug-likeness (QED) is 0.506. The minimum Gasteiger partial charge on any atom is -0.462 e. The Morgan fingerprint density at radius 2 is 1.86 bits per heavy atom. The van der Waals surface area contributed by atoms with E-state index in [0.29, 0.717) is 16.7 Å². The maximum Gasteiger partial charge on any atom is 0.403 e. The summed E-state index contributed by atoms with van der Waals surface area (Å²) in [6, 6.07) is 8.04. The molecule has 0 fully saturated rings. The molecule has 1 heterocycles. The molecule has 0 N–H and O–H groups in total. The van der Waals surface area contributed by atoms with Crippen LogP contribution in [0, 0.1) is 6.92 Å². The Morgan fingerprint density at radius 3 is 2.41 bits per heavy atom. The highest BCUT2D eigenvalue weighted by Gasteiger charge is 2.58. The monoisotopic (exact) mass is 443 g/mol. The maximum atomic E-state index is 14.1. The van der Waals surface area contributed by atoms with Crippen molar-refractivity contribution in [1.29, 1.82) is 0 Å². The number of alkyl halides is 3. The van der Waals surface area contributed by atoms with E-state index in [1.165, 1.54) is 18.2 Å². The second kappa shape index (κ2) is 8.00. The van der Waals surface area contributed by atoms with E-state index in [9.17, 15) is 18.0 Å². The lowest BCUT2D eigenvalue weighted by Crippen LogP contribution is -2.42. The maximum absolute atomic E-state index is 14.1. The van der Waals surface area contributed by atoms with Crippen molar-refractivity contribution in [2.45, 2.75) is 37.9 Å². The molecule has 0 spiro atoms. The van der Waals surface area contributed by atoms with Gasteiger partial charge in [-0.15, -0.1) is 0 Å². The van der Waals surface area contributed by atoms with Crippen LogP contribution in [0.15, 0.2) is 41.4 Å². The van der Waals surface area contributed by atoms with Crippen LogP contribution in [-0.2, 0) is 10.2 Å². The summed E-state index contributed by atoms with van der Waals surface area (Å²) in [4.78, 5) is 16.1. The lowest BCUT2D eigenvalue weighted by Gasteiger charge is -2.30. The van der Waals surface area contributed by atoms with E-state index in [2.05, 4.69) is 4.99 Å². The zero-order valence-corrected chi connectivity index (χ0v) is 17.2. The van der Waals surface area contributed by atoms with Gasteiger partial charge in [-0.3, -0.25) is 4.99 Å². The van der Waals surface area contributed by atoms with Gasteiger partial charge >= 0.3 is 12.1 Å². The SMILES string of the molecule is CCOC(=O)c1ccc(C2CC(c3cc(Cl)cc(Cl)c3)(C(F)(F)F)C=N2)cc1C. The summed E-state index contributed by atoms with van der Waals surface area (Å²) < 4.78 is 47.4. The average molecular weight is 444 g/mol. The molecule has 2 atom stereocenters. The van der Waals surface area contributed by atoms with Gasteiger partial charge in [0.2, 0.25) is 0 Å². The van der Waals surface area contributed by atoms with Crippen molar-refractivity contribution in [3.63, 3.8) is 0 Å². The van der Waals surface area contributed by atoms with E-state index in [4.69, 9.17) is 27.9 Å². The van der Waals surface area contributed by atoms with Crippen LogP contribution in [0.25, 0.3) is 0 Å². The average Bonchev–Trinajstić information content (AvgIpc) is 3.07. The molecule has 3 nitrogen and oxygen atoms in total. The Hall–Kier alpha value is -2.05. The van der Waals surface area contributed by atoms with Gasteiger partial charge in [0.05, 0.1) is 18.2 Å². The number of halogens is 5. The standard InChI is InChI=1S/C21H18Cl2F3NO2/c1-3-29-19(28)17-5-4-13(6-12(17)2)18-10-20(11-27-18,21(24,25)26)14-7-15(22)9-16(23)8-14/h4-9,11,18H,3,10H2,1-2H3. The van der Waals surface area contributed by atoms with E-state index in [-0.39, 0.29) is 28.6 Å². The van der Waals surface area contributed by atoms with Gasteiger partial charge in [-0.05, 0) is 61.2 Å². The third kappa shape index (κ3) is 4.14. The molecule has 2 aromatic carbocycles. The second-order valence-corrected chi connectivity index (χ2v) is 7.79. The molecule has 1 aliphatic heterocycles. The smallest absolute Gasteiger partial charge is 0.403 e. The Balaban J connectivity index is 1.97. The zero-order chi connectivity index (χ0) is 21.4. The Morgan fingerprint density at radius 1 is 1.21 bits per heavy atom. The molecule has 0 aliphatic carbocycles. The van der Waals surface area contributed by atoms with Crippen molar-refractivity contribution in [3.8, 4) is 0 Å². The van der Waals surface area contributed by atoms with Gasteiger partial charge in [0.25, 0.3) is 0 Å². The van der Waals surface area contributed by atoms with E-state index >= 15 is 0 Å². The summed E-state index contributed by atoms with van der Waals surface area (Å²) in [5, 5.41) is 0.255. The molecular weight excluding hydrogens is 426 g/mol. The molecule has 29 heavy (non-hydrogen) atoms. The van der Waals surface area contributed by atoms with Crippen LogP contribution in [0.5, 0.6) is 0 Å². The molecule has 154 valence electrons. The summed E-state index contributed by atoms with van der Waals surface area (Å²) in [7, 11) is 0. The van der Waals surface area contributed by atoms with E-state index in [1.807, 2.05) is 0 Å². The Bertz CT molecular complexity index is 955. The third-order valence-corrected chi connectivity index (χ3v) is 5.44. The number of esters is 1. The lowest BCUT2D eigenvalue weighted by atomic mass is 9.77. The number of hydrogen-bond acceptors (Lipinski definition) is 3. The molecule has 1 aliphatic rings. The molecule has 0 radical (unpaired) electrons. The number of benzene rings is 2. The second-order valence-electron chi connectivity index (χ2n) is 6.92. The van der Waals surface area contributed by atoms with Crippen LogP contribution < -0.4 is 0 Å². The first-order chi connectivity index (χ1) is 13.6. The number of rotatable bonds is 4. The van der Waals surface area contributed by atoms with Crippen molar-refractivity contribution < 1.29 is 22.7 Å². The summed E-state index contributed by atoms with van der Waals surface area (Å²) in [5.74, 6) is -0.468. The van der Waals surface area contributed by atoms with Gasteiger partial charge in [-0.25, -0.2) is 4.79 Å². The van der Waals surface area contributed by atoms with E-state index in [1.54, 1.807) is 32.0 Å². The highest BCUT2D eigenvalue weighted by Crippen LogP contribution is 2.51. The first kappa shape index (κ1) is 21.7. The fourth-order valence-electron chi connectivity index (χ4n) is 3.52. The van der Waals surface area contributed by atoms with Crippen molar-refractivity contribution in [3.05, 3.63) is 68.7 Å². The topological polar surface area (TPSA) is 38.7 Å². The lowest BCUT2D eigenvalue weighted by molar-refractivity contribution is -0.168. The number of aryl methyl sites for hydroxylation is 1. The molecule has 0 saturated carbocycles. The molecule has 0 bridgehead atoms. The van der Waals surface area contributed by atoms with Crippen LogP contribution in [0.1, 0.15) is 46.4 Å². The number of aliphatic imine (C=N–C) groups is 1. The first-order valence-corrected chi connectivity index (χ1v) is 9.68. The van der Waals surface area contributed by atoms with Gasteiger partial charge in [-0.2, -0.15) is 13.2 Å². The fraction of sp³-hybridized carbons (Fsp3) is 0.333. The number of nitrogens with zero attached hydrogens (tertiary/aromatic N) is 1. The van der Waals surface area contributed by atoms with Crippen molar-refractivity contribution in [2.24, 2.45) is 4.99 Å². The summed E-state index contributed by atoms with van der Waals surface area (Å²) in [5.41, 5.74) is -0.757. The van der Waals surface area contributed by atoms with Crippen LogP contribution in [0.4, 0.5) is 13.2 Å². The number of ether oxygens (including phenoxy) is 1. The number of carbonyl (C=O) groups excluding carboxylic acids is 1. The Labute approximate surface area is 176 Å². The fourth-order valence-corrected chi connectivity index (χ4v) is 4.05. The van der Waals surface area contributed by atoms with Gasteiger partial charge in [-0.1, -0.05) is 35.3 Å². The summed E-state index contributed by atoms with van der Waals surface area (Å²) in [6.07, 6.45) is -3.96. The third-order valence-electron chi connectivity index (χ3n) is 5.00. The predicted molar refractivity (Wildman–Crippen MR) is 107 cm³/mol. The Kier molecular flexibility index (Phi) is 5.97. The summed E-state index contributed by atoms with van der Waals surface area (Å²) >= 11 is 11.9. The first-order valence-electron chi connectivity index (χ1n) is 8.92. The molecular formula is C21H18Cl2F3NO2. The normalized spacial score (nSPS) is 21.4. The van der Waals surface area contributed by atoms with Crippen LogP contribution in [0.3, 0.4) is 0 Å². The highest BCUT2D eigenvalue weighted by molar-refractivity contribution is 6.34. The van der Waals surface area contributed by atoms with Gasteiger partial charge in [0.15, 0.2) is 0 Å². The van der Waals surface area contributed by atoms with Crippen LogP contribution in [-0.4, -0.2) is 25.0 Å². The largest absolute Gasteiger partial charge is 0.462 e. The summed E-state index contributed by atoms with van der Waals surface area (Å²) in [6.45, 7) is 3.65. The minimum atomic E-state index is -4.58. The minimum absolute atomic E-state index is 0.0476. The van der Waals surface area contributed by atoms with Gasteiger partial charge in [0.1, 0.15) is 5.41 Å². The van der Waals surface area contributed by atoms with Crippen molar-refractivity contribution in [2.75, 3.05) is 6.61 Å². The van der Waals surface area contributed by atoms with Gasteiger partial charge in [0, 0.05) is 16.3 Å². The molecule has 2 unspecified atom stereocenters. The zero-order valence-electron chi connectivity index (χ0n) is 15.7. The number of carbonyl (C=O) groups is 1. The van der Waals surface area contributed by atoms with E-state index in [0.717, 1.165) is 6.21 Å². The highest BCUT2D eigenvalue weighted by atomic mass is 35.5. The predicted octanol–water partition coefficient (Wildman–Crippen LogP) is 6.49. The van der Waals surface area contributed by atoms with Crippen molar-refractivity contribution in [1.82, 2.24) is 0 Å². The van der Waals surface area contributed by atoms with Crippen LogP contribution >= 0.6 is 23.2 Å². The molecule has 0 aromatic heterocycles. The molecule has 2 aromatic rings. The van der Waals surface area contributed by atoms with Crippen molar-refractivity contribution >= 4 is 35.4 Å². The van der Waals surface area contributed by atoms with Gasteiger partial charge < -0.3 is 4.74 Å². The molecule has 3 rings (SSSR count).